The van der Waals surface area contributed by atoms with Crippen molar-refractivity contribution in [3.05, 3.63) is 0 Å². The molecule has 0 bridgehead atoms. The average molecular weight is 203 g/mol. The van der Waals surface area contributed by atoms with Crippen LogP contribution in [0.4, 0.5) is 0 Å². The van der Waals surface area contributed by atoms with E-state index in [2.05, 4.69) is 52.2 Å². The van der Waals surface area contributed by atoms with Crippen LogP contribution in [0, 0.1) is 5.41 Å². The van der Waals surface area contributed by atoms with E-state index in [-0.39, 0.29) is 23.2 Å². The standard InChI is InChI=1S/C11H26N2O/c1-10(2,3)8(14)9(12-7)13-11(4,5)6/h8-9,12-14H,1-7H3/p+1. The summed E-state index contributed by atoms with van der Waals surface area (Å²) in [5.41, 5.74) is 0.0319. The van der Waals surface area contributed by atoms with E-state index in [4.69, 9.17) is 5.11 Å². The van der Waals surface area contributed by atoms with Crippen molar-refractivity contribution in [2.24, 2.45) is 5.41 Å². The minimum Gasteiger partial charge on any atom is -0.441 e. The van der Waals surface area contributed by atoms with Gasteiger partial charge in [-0.1, -0.05) is 20.8 Å². The van der Waals surface area contributed by atoms with Crippen LogP contribution in [0.2, 0.25) is 0 Å². The van der Waals surface area contributed by atoms with E-state index in [9.17, 15) is 0 Å². The van der Waals surface area contributed by atoms with Crippen LogP contribution in [0.3, 0.4) is 0 Å². The molecular weight excluding hydrogens is 176 g/mol. The van der Waals surface area contributed by atoms with Gasteiger partial charge in [-0.25, -0.2) is 0 Å². The SMILES string of the molecule is CNC(NC(C)(C)C)C([OH2+])C(C)(C)C. The third-order valence-electron chi connectivity index (χ3n) is 2.17. The fraction of sp³-hybridized carbons (Fsp3) is 1.00. The molecule has 0 amide bonds. The van der Waals surface area contributed by atoms with Crippen molar-refractivity contribution in [3.63, 3.8) is 0 Å². The molecular formula is C11H27N2O+. The Morgan fingerprint density at radius 1 is 1.00 bits per heavy atom. The molecule has 2 unspecified atom stereocenters. The Bertz CT molecular complexity index is 167. The first-order valence-electron chi connectivity index (χ1n) is 5.24. The van der Waals surface area contributed by atoms with Crippen LogP contribution in [0.5, 0.6) is 0 Å². The van der Waals surface area contributed by atoms with E-state index in [1.165, 1.54) is 0 Å². The summed E-state index contributed by atoms with van der Waals surface area (Å²) in [5.74, 6) is 0. The molecule has 0 saturated heterocycles. The molecule has 0 aliphatic rings. The molecule has 2 atom stereocenters. The first-order valence-corrected chi connectivity index (χ1v) is 5.24. The summed E-state index contributed by atoms with van der Waals surface area (Å²) in [7, 11) is 1.90. The van der Waals surface area contributed by atoms with E-state index in [0.717, 1.165) is 0 Å². The van der Waals surface area contributed by atoms with Gasteiger partial charge in [-0.3, -0.25) is 10.6 Å². The van der Waals surface area contributed by atoms with Gasteiger partial charge in [0.1, 0.15) is 6.17 Å². The predicted octanol–water partition coefficient (Wildman–Crippen LogP) is 1.06. The summed E-state index contributed by atoms with van der Waals surface area (Å²) in [5, 5.41) is 14.7. The topological polar surface area (TPSA) is 47.0 Å². The summed E-state index contributed by atoms with van der Waals surface area (Å²) in [6.45, 7) is 12.6. The van der Waals surface area contributed by atoms with Crippen molar-refractivity contribution in [3.8, 4) is 0 Å². The maximum Gasteiger partial charge on any atom is 0.187 e. The number of hydrogen-bond acceptors (Lipinski definition) is 2. The maximum atomic E-state index is 8.14. The highest BCUT2D eigenvalue weighted by Gasteiger charge is 2.35. The van der Waals surface area contributed by atoms with E-state index in [1.807, 2.05) is 7.05 Å². The van der Waals surface area contributed by atoms with Crippen LogP contribution in [0.15, 0.2) is 0 Å². The molecule has 4 N–H and O–H groups in total. The molecule has 0 radical (unpaired) electrons. The van der Waals surface area contributed by atoms with Gasteiger partial charge >= 0.3 is 0 Å². The van der Waals surface area contributed by atoms with Gasteiger partial charge in [-0.05, 0) is 27.8 Å². The van der Waals surface area contributed by atoms with Gasteiger partial charge in [0.25, 0.3) is 0 Å². The summed E-state index contributed by atoms with van der Waals surface area (Å²) in [6.07, 6.45) is -0.123. The van der Waals surface area contributed by atoms with Crippen LogP contribution in [0.25, 0.3) is 0 Å². The van der Waals surface area contributed by atoms with Crippen LogP contribution in [-0.4, -0.2) is 30.0 Å². The minimum absolute atomic E-state index is 0.00801. The highest BCUT2D eigenvalue weighted by atomic mass is 16.3. The van der Waals surface area contributed by atoms with Gasteiger partial charge < -0.3 is 5.11 Å². The van der Waals surface area contributed by atoms with E-state index >= 15 is 0 Å². The third-order valence-corrected chi connectivity index (χ3v) is 2.17. The molecule has 0 spiro atoms. The summed E-state index contributed by atoms with van der Waals surface area (Å²) < 4.78 is 0. The average Bonchev–Trinajstić information content (AvgIpc) is 1.95. The zero-order valence-corrected chi connectivity index (χ0v) is 10.7. The molecule has 0 fully saturated rings. The molecule has 86 valence electrons. The maximum absolute atomic E-state index is 8.14. The highest BCUT2D eigenvalue weighted by molar-refractivity contribution is 4.86. The van der Waals surface area contributed by atoms with Crippen LogP contribution >= 0.6 is 0 Å². The summed E-state index contributed by atoms with van der Waals surface area (Å²) in [6, 6.07) is 0. The molecule has 14 heavy (non-hydrogen) atoms. The molecule has 0 aliphatic carbocycles. The second kappa shape index (κ2) is 4.60. The van der Waals surface area contributed by atoms with Crippen LogP contribution in [0.1, 0.15) is 41.5 Å². The quantitative estimate of drug-likeness (QED) is 0.532. The normalized spacial score (nSPS) is 18.0. The number of nitrogens with one attached hydrogen (secondary N) is 2. The Kier molecular flexibility index (Phi) is 4.56. The lowest BCUT2D eigenvalue weighted by atomic mass is 9.86. The highest BCUT2D eigenvalue weighted by Crippen LogP contribution is 2.21. The Hall–Kier alpha value is -0.120. The van der Waals surface area contributed by atoms with Crippen LogP contribution < -0.4 is 10.6 Å². The van der Waals surface area contributed by atoms with Crippen molar-refractivity contribution in [2.45, 2.75) is 59.4 Å². The fourth-order valence-electron chi connectivity index (χ4n) is 1.29. The van der Waals surface area contributed by atoms with Gasteiger partial charge in [0.05, 0.1) is 0 Å². The van der Waals surface area contributed by atoms with E-state index in [0.29, 0.717) is 0 Å². The molecule has 0 heterocycles. The van der Waals surface area contributed by atoms with E-state index < -0.39 is 0 Å². The molecule has 3 nitrogen and oxygen atoms in total. The molecule has 0 saturated carbocycles. The number of rotatable bonds is 3. The summed E-state index contributed by atoms with van der Waals surface area (Å²) >= 11 is 0. The fourth-order valence-corrected chi connectivity index (χ4v) is 1.29. The Balaban J connectivity index is 4.42. The minimum atomic E-state index is -0.160. The van der Waals surface area contributed by atoms with Crippen molar-refractivity contribution in [1.29, 1.82) is 0 Å². The van der Waals surface area contributed by atoms with E-state index in [1.54, 1.807) is 0 Å². The second-order valence-electron chi connectivity index (χ2n) is 6.00. The second-order valence-corrected chi connectivity index (χ2v) is 6.00. The molecule has 0 rings (SSSR count). The lowest BCUT2D eigenvalue weighted by Gasteiger charge is -2.34. The smallest absolute Gasteiger partial charge is 0.187 e. The zero-order valence-electron chi connectivity index (χ0n) is 10.7. The van der Waals surface area contributed by atoms with Gasteiger partial charge in [-0.15, -0.1) is 0 Å². The zero-order chi connectivity index (χ0) is 11.6. The first-order chi connectivity index (χ1) is 6.08. The lowest BCUT2D eigenvalue weighted by Crippen LogP contribution is -2.59. The molecule has 0 aliphatic heterocycles. The van der Waals surface area contributed by atoms with Crippen molar-refractivity contribution < 1.29 is 5.11 Å². The van der Waals surface area contributed by atoms with Gasteiger partial charge in [0.15, 0.2) is 6.10 Å². The number of hydrogen-bond donors (Lipinski definition) is 2. The Labute approximate surface area is 88.3 Å². The largest absolute Gasteiger partial charge is 0.441 e. The Morgan fingerprint density at radius 2 is 1.43 bits per heavy atom. The monoisotopic (exact) mass is 203 g/mol. The number of likely N-dealkylation sites (N-methyl/N-ethyl adjacent to an activating group) is 1. The molecule has 0 aromatic heterocycles. The molecule has 0 aromatic rings. The van der Waals surface area contributed by atoms with Crippen LogP contribution in [-0.2, 0) is 0 Å². The van der Waals surface area contributed by atoms with Crippen molar-refractivity contribution in [1.82, 2.24) is 10.6 Å². The summed E-state index contributed by atoms with van der Waals surface area (Å²) in [4.78, 5) is 0. The van der Waals surface area contributed by atoms with Gasteiger partial charge in [-0.2, -0.15) is 0 Å². The molecule has 3 heteroatoms. The van der Waals surface area contributed by atoms with Gasteiger partial charge in [0.2, 0.25) is 0 Å². The van der Waals surface area contributed by atoms with Crippen molar-refractivity contribution in [2.75, 3.05) is 7.05 Å². The van der Waals surface area contributed by atoms with Gasteiger partial charge in [0, 0.05) is 11.0 Å². The predicted molar refractivity (Wildman–Crippen MR) is 62.6 cm³/mol. The Morgan fingerprint density at radius 3 is 1.64 bits per heavy atom. The third kappa shape index (κ3) is 4.94. The molecule has 0 aromatic carbocycles. The lowest BCUT2D eigenvalue weighted by molar-refractivity contribution is 0.0122. The van der Waals surface area contributed by atoms with Crippen molar-refractivity contribution >= 4 is 0 Å². The first kappa shape index (κ1) is 13.9.